The van der Waals surface area contributed by atoms with E-state index >= 15 is 0 Å². The van der Waals surface area contributed by atoms with Gasteiger partial charge in [-0.05, 0) is 69.4 Å². The molecule has 2 aromatic rings. The van der Waals surface area contributed by atoms with Crippen LogP contribution in [0.15, 0.2) is 24.3 Å². The summed E-state index contributed by atoms with van der Waals surface area (Å²) in [4.78, 5) is 25.2. The van der Waals surface area contributed by atoms with Gasteiger partial charge in [0, 0.05) is 22.8 Å². The van der Waals surface area contributed by atoms with Crippen molar-refractivity contribution in [3.63, 3.8) is 0 Å². The van der Waals surface area contributed by atoms with Gasteiger partial charge in [0.05, 0.1) is 6.61 Å². The zero-order valence-electron chi connectivity index (χ0n) is 15.3. The van der Waals surface area contributed by atoms with Gasteiger partial charge < -0.3 is 14.6 Å². The maximum absolute atomic E-state index is 12.7. The molecule has 1 N–H and O–H groups in total. The largest absolute Gasteiger partial charge is 0.462 e. The molecule has 0 radical (unpaired) electrons. The van der Waals surface area contributed by atoms with Gasteiger partial charge in [-0.25, -0.2) is 4.79 Å². The second-order valence-electron chi connectivity index (χ2n) is 6.67. The molecule has 1 aliphatic rings. The highest BCUT2D eigenvalue weighted by Crippen LogP contribution is 2.36. The Kier molecular flexibility index (Phi) is 5.37. The molecule has 0 saturated heterocycles. The predicted octanol–water partition coefficient (Wildman–Crippen LogP) is 4.60. The number of amides is 1. The Labute approximate surface area is 158 Å². The maximum Gasteiger partial charge on any atom is 0.342 e. The van der Waals surface area contributed by atoms with E-state index in [1.165, 1.54) is 12.8 Å². The molecule has 0 spiro atoms. The third kappa shape index (κ3) is 3.78. The molecule has 1 amide bonds. The van der Waals surface area contributed by atoms with Gasteiger partial charge in [-0.3, -0.25) is 4.79 Å². The van der Waals surface area contributed by atoms with Crippen molar-refractivity contribution in [1.82, 2.24) is 4.57 Å². The van der Waals surface area contributed by atoms with Crippen LogP contribution in [0, 0.1) is 19.8 Å². The number of anilines is 1. The SMILES string of the molecule is CCOC(=O)c1c(C)c(C)n(CC2CC2)c1NC(=O)c1ccc(Cl)cc1. The number of halogens is 1. The third-order valence-electron chi connectivity index (χ3n) is 4.78. The lowest BCUT2D eigenvalue weighted by molar-refractivity contribution is 0.0527. The van der Waals surface area contributed by atoms with Crippen molar-refractivity contribution in [2.45, 2.75) is 40.2 Å². The first kappa shape index (κ1) is 18.5. The molecule has 1 aromatic carbocycles. The predicted molar refractivity (Wildman–Crippen MR) is 102 cm³/mol. The summed E-state index contributed by atoms with van der Waals surface area (Å²) in [5.74, 6) is 0.433. The van der Waals surface area contributed by atoms with Gasteiger partial charge in [0.2, 0.25) is 0 Å². The van der Waals surface area contributed by atoms with Gasteiger partial charge in [-0.1, -0.05) is 11.6 Å². The van der Waals surface area contributed by atoms with Gasteiger partial charge in [-0.2, -0.15) is 0 Å². The number of aromatic nitrogens is 1. The quantitative estimate of drug-likeness (QED) is 0.752. The van der Waals surface area contributed by atoms with Crippen molar-refractivity contribution >= 4 is 29.3 Å². The maximum atomic E-state index is 12.7. The molecule has 1 aliphatic carbocycles. The molecule has 1 heterocycles. The van der Waals surface area contributed by atoms with Gasteiger partial charge in [-0.15, -0.1) is 0 Å². The van der Waals surface area contributed by atoms with Crippen LogP contribution in [0.4, 0.5) is 5.82 Å². The van der Waals surface area contributed by atoms with Crippen LogP contribution in [-0.4, -0.2) is 23.1 Å². The third-order valence-corrected chi connectivity index (χ3v) is 5.04. The fourth-order valence-electron chi connectivity index (χ4n) is 3.01. The molecule has 1 aromatic heterocycles. The van der Waals surface area contributed by atoms with E-state index in [9.17, 15) is 9.59 Å². The molecule has 1 fully saturated rings. The van der Waals surface area contributed by atoms with Crippen molar-refractivity contribution in [2.75, 3.05) is 11.9 Å². The number of ether oxygens (including phenoxy) is 1. The minimum atomic E-state index is -0.408. The first-order valence-corrected chi connectivity index (χ1v) is 9.23. The minimum Gasteiger partial charge on any atom is -0.462 e. The van der Waals surface area contributed by atoms with Crippen LogP contribution in [0.1, 0.15) is 51.7 Å². The van der Waals surface area contributed by atoms with Crippen LogP contribution in [0.3, 0.4) is 0 Å². The zero-order chi connectivity index (χ0) is 18.8. The number of benzene rings is 1. The average molecular weight is 375 g/mol. The Morgan fingerprint density at radius 1 is 1.23 bits per heavy atom. The highest BCUT2D eigenvalue weighted by Gasteiger charge is 2.29. The van der Waals surface area contributed by atoms with E-state index in [0.717, 1.165) is 17.8 Å². The van der Waals surface area contributed by atoms with E-state index in [2.05, 4.69) is 5.32 Å². The van der Waals surface area contributed by atoms with Crippen molar-refractivity contribution < 1.29 is 14.3 Å². The monoisotopic (exact) mass is 374 g/mol. The van der Waals surface area contributed by atoms with Crippen LogP contribution in [0.25, 0.3) is 0 Å². The number of hydrogen-bond acceptors (Lipinski definition) is 3. The van der Waals surface area contributed by atoms with Crippen LogP contribution >= 0.6 is 11.6 Å². The Bertz CT molecular complexity index is 836. The topological polar surface area (TPSA) is 60.3 Å². The smallest absolute Gasteiger partial charge is 0.342 e. The minimum absolute atomic E-state index is 0.276. The van der Waals surface area contributed by atoms with Gasteiger partial charge in [0.1, 0.15) is 11.4 Å². The van der Waals surface area contributed by atoms with Crippen LogP contribution in [0.2, 0.25) is 5.02 Å². The Morgan fingerprint density at radius 3 is 2.46 bits per heavy atom. The number of carbonyl (C=O) groups excluding carboxylic acids is 2. The molecule has 26 heavy (non-hydrogen) atoms. The number of nitrogens with zero attached hydrogens (tertiary/aromatic N) is 1. The van der Waals surface area contributed by atoms with E-state index in [1.807, 2.05) is 18.4 Å². The Morgan fingerprint density at radius 2 is 1.88 bits per heavy atom. The molecule has 0 atom stereocenters. The van der Waals surface area contributed by atoms with E-state index in [-0.39, 0.29) is 12.5 Å². The summed E-state index contributed by atoms with van der Waals surface area (Å²) >= 11 is 5.89. The van der Waals surface area contributed by atoms with E-state index in [4.69, 9.17) is 16.3 Å². The summed E-state index contributed by atoms with van der Waals surface area (Å²) in [6, 6.07) is 6.66. The fraction of sp³-hybridized carbons (Fsp3) is 0.400. The number of esters is 1. The van der Waals surface area contributed by atoms with Gasteiger partial charge in [0.15, 0.2) is 0 Å². The zero-order valence-corrected chi connectivity index (χ0v) is 16.0. The molecular formula is C20H23ClN2O3. The Hall–Kier alpha value is -2.27. The molecule has 0 aliphatic heterocycles. The Balaban J connectivity index is 1.99. The summed E-state index contributed by atoms with van der Waals surface area (Å²) in [6.45, 7) is 6.71. The normalized spacial score (nSPS) is 13.5. The molecule has 0 unspecified atom stereocenters. The lowest BCUT2D eigenvalue weighted by atomic mass is 10.1. The van der Waals surface area contributed by atoms with E-state index in [1.54, 1.807) is 31.2 Å². The number of nitrogens with one attached hydrogen (secondary N) is 1. The first-order chi connectivity index (χ1) is 12.4. The highest BCUT2D eigenvalue weighted by molar-refractivity contribution is 6.30. The summed E-state index contributed by atoms with van der Waals surface area (Å²) in [7, 11) is 0. The van der Waals surface area contributed by atoms with Crippen molar-refractivity contribution in [3.05, 3.63) is 51.7 Å². The fourth-order valence-corrected chi connectivity index (χ4v) is 3.14. The second kappa shape index (κ2) is 7.54. The molecule has 5 nitrogen and oxygen atoms in total. The number of hydrogen-bond donors (Lipinski definition) is 1. The van der Waals surface area contributed by atoms with E-state index < -0.39 is 5.97 Å². The van der Waals surface area contributed by atoms with Crippen molar-refractivity contribution in [1.29, 1.82) is 0 Å². The second-order valence-corrected chi connectivity index (χ2v) is 7.11. The molecule has 6 heteroatoms. The molecule has 0 bridgehead atoms. The standard InChI is InChI=1S/C20H23ClN2O3/c1-4-26-20(25)17-12(2)13(3)23(11-14-5-6-14)18(17)22-19(24)15-7-9-16(21)10-8-15/h7-10,14H,4-6,11H2,1-3H3,(H,22,24). The van der Waals surface area contributed by atoms with Crippen LogP contribution < -0.4 is 5.32 Å². The highest BCUT2D eigenvalue weighted by atomic mass is 35.5. The first-order valence-electron chi connectivity index (χ1n) is 8.86. The summed E-state index contributed by atoms with van der Waals surface area (Å²) in [6.07, 6.45) is 2.35. The van der Waals surface area contributed by atoms with Crippen LogP contribution in [0.5, 0.6) is 0 Å². The lowest BCUT2D eigenvalue weighted by Gasteiger charge is -2.14. The summed E-state index contributed by atoms with van der Waals surface area (Å²) in [5.41, 5.74) is 2.74. The molecule has 1 saturated carbocycles. The average Bonchev–Trinajstić information content (AvgIpc) is 3.39. The molecular weight excluding hydrogens is 352 g/mol. The summed E-state index contributed by atoms with van der Waals surface area (Å²) in [5, 5.41) is 3.50. The van der Waals surface area contributed by atoms with Crippen molar-refractivity contribution in [2.24, 2.45) is 5.92 Å². The lowest BCUT2D eigenvalue weighted by Crippen LogP contribution is -2.19. The number of rotatable bonds is 6. The van der Waals surface area contributed by atoms with Crippen molar-refractivity contribution in [3.8, 4) is 0 Å². The molecule has 3 rings (SSSR count). The van der Waals surface area contributed by atoms with E-state index in [0.29, 0.717) is 27.9 Å². The van der Waals surface area contributed by atoms with Gasteiger partial charge >= 0.3 is 5.97 Å². The number of carbonyl (C=O) groups is 2. The van der Waals surface area contributed by atoms with Crippen LogP contribution in [-0.2, 0) is 11.3 Å². The summed E-state index contributed by atoms with van der Waals surface area (Å²) < 4.78 is 7.26. The van der Waals surface area contributed by atoms with Gasteiger partial charge in [0.25, 0.3) is 5.91 Å². The molecule has 138 valence electrons.